The van der Waals surface area contributed by atoms with Crippen molar-refractivity contribution in [1.82, 2.24) is 15.5 Å². The van der Waals surface area contributed by atoms with E-state index in [4.69, 9.17) is 0 Å². The molecule has 0 radical (unpaired) electrons. The molecular weight excluding hydrogens is 422 g/mol. The zero-order chi connectivity index (χ0) is 23.9. The Kier molecular flexibility index (Phi) is 9.04. The Bertz CT molecular complexity index is 786. The lowest BCUT2D eigenvalue weighted by Gasteiger charge is -2.44. The smallest absolute Gasteiger partial charge is 0.242 e. The number of hydrogen-bond donors (Lipinski definition) is 2. The van der Waals surface area contributed by atoms with Crippen molar-refractivity contribution in [2.45, 2.75) is 90.1 Å². The first kappa shape index (κ1) is 25.2. The summed E-state index contributed by atoms with van der Waals surface area (Å²) >= 11 is 0. The molecule has 2 amide bonds. The highest BCUT2D eigenvalue weighted by Crippen LogP contribution is 2.33. The highest BCUT2D eigenvalue weighted by molar-refractivity contribution is 5.88. The molecule has 188 valence electrons. The summed E-state index contributed by atoms with van der Waals surface area (Å²) in [6.07, 6.45) is 10.9. The molecule has 1 aliphatic carbocycles. The second-order valence-corrected chi connectivity index (χ2v) is 11.4. The number of piperidine rings is 2. The van der Waals surface area contributed by atoms with Gasteiger partial charge in [-0.05, 0) is 87.8 Å². The average Bonchev–Trinajstić information content (AvgIpc) is 2.87. The normalized spacial score (nSPS) is 28.7. The number of nitrogens with one attached hydrogen (secondary N) is 2. The second-order valence-electron chi connectivity index (χ2n) is 11.4. The van der Waals surface area contributed by atoms with Crippen molar-refractivity contribution in [2.24, 2.45) is 23.7 Å². The third-order valence-electron chi connectivity index (χ3n) is 8.77. The van der Waals surface area contributed by atoms with Gasteiger partial charge in [0.25, 0.3) is 0 Å². The van der Waals surface area contributed by atoms with Crippen molar-refractivity contribution >= 4 is 11.8 Å². The molecule has 0 aromatic heterocycles. The van der Waals surface area contributed by atoms with Crippen LogP contribution in [0.1, 0.15) is 77.2 Å². The highest BCUT2D eigenvalue weighted by Gasteiger charge is 2.34. The molecule has 2 heterocycles. The Hall–Kier alpha value is -1.88. The van der Waals surface area contributed by atoms with E-state index in [9.17, 15) is 9.59 Å². The summed E-state index contributed by atoms with van der Waals surface area (Å²) in [7, 11) is 0. The van der Waals surface area contributed by atoms with Crippen LogP contribution >= 0.6 is 0 Å². The zero-order valence-corrected chi connectivity index (χ0v) is 21.3. The van der Waals surface area contributed by atoms with Gasteiger partial charge in [-0.3, -0.25) is 9.59 Å². The highest BCUT2D eigenvalue weighted by atomic mass is 16.2. The van der Waals surface area contributed by atoms with Gasteiger partial charge in [0.05, 0.1) is 0 Å². The van der Waals surface area contributed by atoms with Crippen LogP contribution < -0.4 is 10.6 Å². The molecule has 2 aliphatic heterocycles. The molecule has 1 aromatic rings. The number of amides is 2. The van der Waals surface area contributed by atoms with Gasteiger partial charge in [-0.2, -0.15) is 0 Å². The van der Waals surface area contributed by atoms with Crippen molar-refractivity contribution in [3.8, 4) is 0 Å². The maximum Gasteiger partial charge on any atom is 0.242 e. The van der Waals surface area contributed by atoms with E-state index in [1.165, 1.54) is 45.2 Å². The van der Waals surface area contributed by atoms with Gasteiger partial charge in [0.2, 0.25) is 11.8 Å². The molecule has 0 bridgehead atoms. The van der Waals surface area contributed by atoms with Gasteiger partial charge in [-0.25, -0.2) is 0 Å². The Morgan fingerprint density at radius 2 is 1.68 bits per heavy atom. The fourth-order valence-corrected chi connectivity index (χ4v) is 6.57. The number of carbonyl (C=O) groups excluding carboxylic acids is 2. The van der Waals surface area contributed by atoms with Crippen molar-refractivity contribution in [1.29, 1.82) is 0 Å². The predicted molar refractivity (Wildman–Crippen MR) is 137 cm³/mol. The van der Waals surface area contributed by atoms with E-state index >= 15 is 0 Å². The number of nitrogens with zero attached hydrogens (tertiary/aromatic N) is 1. The number of benzene rings is 1. The summed E-state index contributed by atoms with van der Waals surface area (Å²) in [5.41, 5.74) is 1.09. The molecule has 5 heteroatoms. The molecule has 34 heavy (non-hydrogen) atoms. The summed E-state index contributed by atoms with van der Waals surface area (Å²) in [5, 5.41) is 6.42. The van der Waals surface area contributed by atoms with Gasteiger partial charge in [-0.1, -0.05) is 50.6 Å². The van der Waals surface area contributed by atoms with Crippen LogP contribution in [0.2, 0.25) is 0 Å². The summed E-state index contributed by atoms with van der Waals surface area (Å²) < 4.78 is 0. The predicted octanol–water partition coefficient (Wildman–Crippen LogP) is 4.56. The lowest BCUT2D eigenvalue weighted by atomic mass is 9.76. The first-order chi connectivity index (χ1) is 16.5. The van der Waals surface area contributed by atoms with Gasteiger partial charge in [-0.15, -0.1) is 0 Å². The molecule has 5 nitrogen and oxygen atoms in total. The van der Waals surface area contributed by atoms with E-state index in [-0.39, 0.29) is 17.7 Å². The van der Waals surface area contributed by atoms with Gasteiger partial charge in [0.1, 0.15) is 6.04 Å². The fraction of sp³-hybridized carbons (Fsp3) is 0.724. The van der Waals surface area contributed by atoms with Crippen LogP contribution in [0, 0.1) is 23.7 Å². The lowest BCUT2D eigenvalue weighted by Crippen LogP contribution is -2.54. The van der Waals surface area contributed by atoms with Crippen molar-refractivity contribution in [3.63, 3.8) is 0 Å². The van der Waals surface area contributed by atoms with Crippen LogP contribution in [0.15, 0.2) is 30.3 Å². The van der Waals surface area contributed by atoms with E-state index in [0.717, 1.165) is 43.7 Å². The summed E-state index contributed by atoms with van der Waals surface area (Å²) in [6, 6.07) is 10.2. The quantitative estimate of drug-likeness (QED) is 0.589. The minimum atomic E-state index is -0.510. The molecular formula is C29H45N3O2. The Balaban J connectivity index is 1.36. The van der Waals surface area contributed by atoms with Crippen LogP contribution in [0.25, 0.3) is 0 Å². The van der Waals surface area contributed by atoms with Crippen LogP contribution in [0.5, 0.6) is 0 Å². The molecule has 3 aliphatic rings. The third-order valence-corrected chi connectivity index (χ3v) is 8.77. The molecule has 0 unspecified atom stereocenters. The molecule has 2 saturated heterocycles. The van der Waals surface area contributed by atoms with Crippen LogP contribution in [-0.4, -0.2) is 48.4 Å². The monoisotopic (exact) mass is 467 g/mol. The van der Waals surface area contributed by atoms with Gasteiger partial charge >= 0.3 is 0 Å². The van der Waals surface area contributed by atoms with E-state index in [1.54, 1.807) is 0 Å². The first-order valence-electron chi connectivity index (χ1n) is 13.9. The number of fused-ring (bicyclic) bond motifs is 1. The minimum absolute atomic E-state index is 0.0268. The standard InChI is InChI=1S/C29H45N3O2/c1-21(2)23-13-15-24(16-14-23)28(33)31-26(19-22-9-4-3-5-10-22)29(34)30-20-25-11-8-18-32-17-7-6-12-27(25)32/h3-5,9-10,21,23-27H,6-8,11-20H2,1-2H3,(H,30,34)(H,31,33)/t23?,24?,25-,26-,27+/m1/s1. The van der Waals surface area contributed by atoms with Crippen LogP contribution in [-0.2, 0) is 16.0 Å². The van der Waals surface area contributed by atoms with Crippen molar-refractivity contribution < 1.29 is 9.59 Å². The summed E-state index contributed by atoms with van der Waals surface area (Å²) in [4.78, 5) is 29.2. The largest absolute Gasteiger partial charge is 0.354 e. The third kappa shape index (κ3) is 6.62. The second kappa shape index (κ2) is 12.2. The average molecular weight is 468 g/mol. The van der Waals surface area contributed by atoms with E-state index in [1.807, 2.05) is 30.3 Å². The topological polar surface area (TPSA) is 61.4 Å². The lowest BCUT2D eigenvalue weighted by molar-refractivity contribution is -0.132. The molecule has 2 N–H and O–H groups in total. The Morgan fingerprint density at radius 3 is 2.41 bits per heavy atom. The maximum absolute atomic E-state index is 13.4. The molecule has 3 atom stereocenters. The zero-order valence-electron chi connectivity index (χ0n) is 21.3. The summed E-state index contributed by atoms with van der Waals surface area (Å²) in [6.45, 7) is 7.71. The van der Waals surface area contributed by atoms with Crippen LogP contribution in [0.3, 0.4) is 0 Å². The minimum Gasteiger partial charge on any atom is -0.354 e. The number of rotatable bonds is 8. The Morgan fingerprint density at radius 1 is 0.941 bits per heavy atom. The van der Waals surface area contributed by atoms with Crippen LogP contribution in [0.4, 0.5) is 0 Å². The van der Waals surface area contributed by atoms with Gasteiger partial charge < -0.3 is 15.5 Å². The molecule has 1 aromatic carbocycles. The Labute approximate surface area is 206 Å². The van der Waals surface area contributed by atoms with Gasteiger partial charge in [0.15, 0.2) is 0 Å². The number of hydrogen-bond acceptors (Lipinski definition) is 3. The fourth-order valence-electron chi connectivity index (χ4n) is 6.57. The van der Waals surface area contributed by atoms with Crippen molar-refractivity contribution in [3.05, 3.63) is 35.9 Å². The van der Waals surface area contributed by atoms with Gasteiger partial charge in [0, 0.05) is 24.9 Å². The molecule has 4 rings (SSSR count). The van der Waals surface area contributed by atoms with E-state index < -0.39 is 6.04 Å². The maximum atomic E-state index is 13.4. The number of carbonyl (C=O) groups is 2. The van der Waals surface area contributed by atoms with E-state index in [2.05, 4.69) is 29.4 Å². The molecule has 1 saturated carbocycles. The van der Waals surface area contributed by atoms with Crippen molar-refractivity contribution in [2.75, 3.05) is 19.6 Å². The first-order valence-corrected chi connectivity index (χ1v) is 13.9. The SMILES string of the molecule is CC(C)C1CCC(C(=O)N[C@H](Cc2ccccc2)C(=O)NC[C@H]2CCCN3CCCC[C@@H]23)CC1. The van der Waals surface area contributed by atoms with E-state index in [0.29, 0.717) is 24.3 Å². The summed E-state index contributed by atoms with van der Waals surface area (Å²) in [5.74, 6) is 2.01. The molecule has 0 spiro atoms. The molecule has 3 fully saturated rings.